The van der Waals surface area contributed by atoms with Crippen molar-refractivity contribution in [3.05, 3.63) is 28.8 Å². The second-order valence-electron chi connectivity index (χ2n) is 4.84. The first-order chi connectivity index (χ1) is 8.58. The maximum Gasteiger partial charge on any atom is 0.243 e. The lowest BCUT2D eigenvalue weighted by molar-refractivity contribution is -0.120. The summed E-state index contributed by atoms with van der Waals surface area (Å²) in [5.74, 6) is -0.0234. The molecule has 1 aliphatic heterocycles. The van der Waals surface area contributed by atoms with Gasteiger partial charge in [-0.3, -0.25) is 4.79 Å². The molecule has 1 amide bonds. The lowest BCUT2D eigenvalue weighted by Crippen LogP contribution is -2.49. The summed E-state index contributed by atoms with van der Waals surface area (Å²) in [6.07, 6.45) is 0. The third kappa shape index (κ3) is 2.89. The Morgan fingerprint density at radius 1 is 1.33 bits per heavy atom. The zero-order valence-electron chi connectivity index (χ0n) is 11.2. The largest absolute Gasteiger partial charge is 0.378 e. The fourth-order valence-electron chi connectivity index (χ4n) is 2.32. The van der Waals surface area contributed by atoms with Crippen LogP contribution < -0.4 is 10.6 Å². The Morgan fingerprint density at radius 3 is 2.56 bits per heavy atom. The molecule has 1 fully saturated rings. The number of anilines is 1. The number of nitrogens with one attached hydrogen (secondary N) is 2. The molecule has 2 N–H and O–H groups in total. The van der Waals surface area contributed by atoms with Gasteiger partial charge in [-0.05, 0) is 31.9 Å². The Bertz CT molecular complexity index is 428. The monoisotopic (exact) mass is 248 g/mol. The minimum Gasteiger partial charge on any atom is -0.378 e. The number of ether oxygens (including phenoxy) is 1. The third-order valence-corrected chi connectivity index (χ3v) is 3.16. The maximum atomic E-state index is 12.1. The molecule has 0 radical (unpaired) electrons. The molecule has 1 atom stereocenters. The van der Waals surface area contributed by atoms with Crippen LogP contribution >= 0.6 is 0 Å². The molecule has 1 aliphatic rings. The molecule has 4 nitrogen and oxygen atoms in total. The van der Waals surface area contributed by atoms with Crippen molar-refractivity contribution in [1.82, 2.24) is 5.32 Å². The van der Waals surface area contributed by atoms with Crippen LogP contribution in [0.4, 0.5) is 5.69 Å². The first kappa shape index (κ1) is 13.1. The molecule has 1 unspecified atom stereocenters. The number of hydrogen-bond acceptors (Lipinski definition) is 3. The molecule has 18 heavy (non-hydrogen) atoms. The van der Waals surface area contributed by atoms with Crippen LogP contribution in [0.5, 0.6) is 0 Å². The van der Waals surface area contributed by atoms with Crippen molar-refractivity contribution in [1.29, 1.82) is 0 Å². The number of morpholine rings is 1. The minimum absolute atomic E-state index is 0.0234. The summed E-state index contributed by atoms with van der Waals surface area (Å²) in [4.78, 5) is 12.1. The van der Waals surface area contributed by atoms with Crippen LogP contribution in [-0.4, -0.2) is 31.7 Å². The van der Waals surface area contributed by atoms with Gasteiger partial charge in [-0.25, -0.2) is 0 Å². The Balaban J connectivity index is 2.11. The first-order valence-corrected chi connectivity index (χ1v) is 6.28. The highest BCUT2D eigenvalue weighted by atomic mass is 16.5. The number of hydrogen-bond donors (Lipinski definition) is 2. The van der Waals surface area contributed by atoms with Gasteiger partial charge in [0, 0.05) is 12.2 Å². The number of rotatable bonds is 2. The third-order valence-electron chi connectivity index (χ3n) is 3.16. The molecule has 0 aliphatic carbocycles. The van der Waals surface area contributed by atoms with E-state index in [1.54, 1.807) is 0 Å². The minimum atomic E-state index is -0.251. The standard InChI is InChI=1S/C14H20N2O2/c1-9-6-10(2)13(11(3)7-9)16-14(17)12-8-18-5-4-15-12/h6-7,12,15H,4-5,8H2,1-3H3,(H,16,17). The molecular formula is C14H20N2O2. The van der Waals surface area contributed by atoms with Gasteiger partial charge in [0.1, 0.15) is 6.04 Å². The van der Waals surface area contributed by atoms with Gasteiger partial charge in [0.25, 0.3) is 0 Å². The van der Waals surface area contributed by atoms with Gasteiger partial charge < -0.3 is 15.4 Å². The molecule has 1 aromatic rings. The highest BCUT2D eigenvalue weighted by Crippen LogP contribution is 2.22. The number of aryl methyl sites for hydroxylation is 3. The fourth-order valence-corrected chi connectivity index (χ4v) is 2.32. The molecular weight excluding hydrogens is 228 g/mol. The lowest BCUT2D eigenvalue weighted by Gasteiger charge is -2.24. The highest BCUT2D eigenvalue weighted by molar-refractivity contribution is 5.96. The van der Waals surface area contributed by atoms with Gasteiger partial charge in [-0.2, -0.15) is 0 Å². The van der Waals surface area contributed by atoms with E-state index in [0.29, 0.717) is 13.2 Å². The van der Waals surface area contributed by atoms with E-state index in [2.05, 4.69) is 29.7 Å². The lowest BCUT2D eigenvalue weighted by atomic mass is 10.0. The van der Waals surface area contributed by atoms with Crippen molar-refractivity contribution in [2.24, 2.45) is 0 Å². The number of carbonyl (C=O) groups is 1. The summed E-state index contributed by atoms with van der Waals surface area (Å²) in [6, 6.07) is 3.90. The van der Waals surface area contributed by atoms with Crippen LogP contribution in [0.1, 0.15) is 16.7 Å². The quantitative estimate of drug-likeness (QED) is 0.834. The molecule has 0 bridgehead atoms. The van der Waals surface area contributed by atoms with E-state index in [9.17, 15) is 4.79 Å². The second kappa shape index (κ2) is 5.50. The van der Waals surface area contributed by atoms with Crippen molar-refractivity contribution >= 4 is 11.6 Å². The van der Waals surface area contributed by atoms with E-state index >= 15 is 0 Å². The van der Waals surface area contributed by atoms with E-state index < -0.39 is 0 Å². The number of amides is 1. The summed E-state index contributed by atoms with van der Waals surface area (Å²) in [6.45, 7) is 7.93. The van der Waals surface area contributed by atoms with Crippen LogP contribution in [0.25, 0.3) is 0 Å². The average molecular weight is 248 g/mol. The Labute approximate surface area is 108 Å². The van der Waals surface area contributed by atoms with E-state index in [1.807, 2.05) is 13.8 Å². The predicted molar refractivity (Wildman–Crippen MR) is 71.9 cm³/mol. The van der Waals surface area contributed by atoms with Gasteiger partial charge in [0.2, 0.25) is 5.91 Å². The molecule has 2 rings (SSSR count). The molecule has 1 heterocycles. The summed E-state index contributed by atoms with van der Waals surface area (Å²) in [7, 11) is 0. The molecule has 1 saturated heterocycles. The van der Waals surface area contributed by atoms with Crippen molar-refractivity contribution in [2.75, 3.05) is 25.1 Å². The zero-order chi connectivity index (χ0) is 13.1. The summed E-state index contributed by atoms with van der Waals surface area (Å²) < 4.78 is 5.30. The second-order valence-corrected chi connectivity index (χ2v) is 4.84. The van der Waals surface area contributed by atoms with E-state index in [-0.39, 0.29) is 11.9 Å². The molecule has 0 aromatic heterocycles. The Morgan fingerprint density at radius 2 is 2.00 bits per heavy atom. The zero-order valence-corrected chi connectivity index (χ0v) is 11.2. The normalized spacial score (nSPS) is 19.6. The van der Waals surface area contributed by atoms with Gasteiger partial charge in [-0.1, -0.05) is 17.7 Å². The molecule has 1 aromatic carbocycles. The van der Waals surface area contributed by atoms with Crippen LogP contribution in [0.15, 0.2) is 12.1 Å². The van der Waals surface area contributed by atoms with E-state index in [1.165, 1.54) is 5.56 Å². The SMILES string of the molecule is Cc1cc(C)c(NC(=O)C2COCCN2)c(C)c1. The van der Waals surface area contributed by atoms with Crippen LogP contribution in [0.3, 0.4) is 0 Å². The molecule has 0 spiro atoms. The van der Waals surface area contributed by atoms with Crippen LogP contribution in [0.2, 0.25) is 0 Å². The van der Waals surface area contributed by atoms with E-state index in [0.717, 1.165) is 23.4 Å². The van der Waals surface area contributed by atoms with Gasteiger partial charge in [0.15, 0.2) is 0 Å². The van der Waals surface area contributed by atoms with Crippen LogP contribution in [-0.2, 0) is 9.53 Å². The first-order valence-electron chi connectivity index (χ1n) is 6.28. The van der Waals surface area contributed by atoms with Gasteiger partial charge in [-0.15, -0.1) is 0 Å². The van der Waals surface area contributed by atoms with Gasteiger partial charge >= 0.3 is 0 Å². The maximum absolute atomic E-state index is 12.1. The van der Waals surface area contributed by atoms with E-state index in [4.69, 9.17) is 4.74 Å². The molecule has 4 heteroatoms. The van der Waals surface area contributed by atoms with Crippen molar-refractivity contribution in [3.8, 4) is 0 Å². The van der Waals surface area contributed by atoms with Crippen LogP contribution in [0, 0.1) is 20.8 Å². The molecule has 98 valence electrons. The number of benzene rings is 1. The molecule has 0 saturated carbocycles. The smallest absolute Gasteiger partial charge is 0.243 e. The summed E-state index contributed by atoms with van der Waals surface area (Å²) in [5, 5.41) is 6.15. The Kier molecular flexibility index (Phi) is 3.99. The summed E-state index contributed by atoms with van der Waals surface area (Å²) >= 11 is 0. The van der Waals surface area contributed by atoms with Crippen molar-refractivity contribution < 1.29 is 9.53 Å². The van der Waals surface area contributed by atoms with Gasteiger partial charge in [0.05, 0.1) is 13.2 Å². The highest BCUT2D eigenvalue weighted by Gasteiger charge is 2.22. The summed E-state index contributed by atoms with van der Waals surface area (Å²) in [5.41, 5.74) is 4.32. The number of carbonyl (C=O) groups excluding carboxylic acids is 1. The Hall–Kier alpha value is -1.39. The van der Waals surface area contributed by atoms with Crippen molar-refractivity contribution in [3.63, 3.8) is 0 Å². The topological polar surface area (TPSA) is 50.4 Å². The van der Waals surface area contributed by atoms with Crippen molar-refractivity contribution in [2.45, 2.75) is 26.8 Å². The average Bonchev–Trinajstić information content (AvgIpc) is 2.34. The fraction of sp³-hybridized carbons (Fsp3) is 0.500. The predicted octanol–water partition coefficient (Wildman–Crippen LogP) is 1.54.